The summed E-state index contributed by atoms with van der Waals surface area (Å²) in [6.45, 7) is 0. The van der Waals surface area contributed by atoms with E-state index in [0.29, 0.717) is 0 Å². The number of benzene rings is 2. The standard InChI is InChI=1S/C12H2Cl8O/c13-3-1-4(14)8(18)11(7(3)17)21-12-9(19)5(15)2-6(16)10(12)20/h1-2H. The molecule has 0 atom stereocenters. The molecule has 0 saturated heterocycles. The largest absolute Gasteiger partial charge is 0.451 e. The van der Waals surface area contributed by atoms with Crippen LogP contribution < -0.4 is 4.74 Å². The summed E-state index contributed by atoms with van der Waals surface area (Å²) in [5, 5.41) is 0.818. The van der Waals surface area contributed by atoms with Crippen molar-refractivity contribution in [3.8, 4) is 11.5 Å². The molecular formula is C12H2Cl8O. The lowest BCUT2D eigenvalue weighted by Gasteiger charge is -2.15. The van der Waals surface area contributed by atoms with Crippen LogP contribution in [-0.4, -0.2) is 0 Å². The Morgan fingerprint density at radius 1 is 0.476 bits per heavy atom. The van der Waals surface area contributed by atoms with Gasteiger partial charge in [0.2, 0.25) is 0 Å². The third kappa shape index (κ3) is 3.57. The van der Waals surface area contributed by atoms with Crippen molar-refractivity contribution in [2.75, 3.05) is 0 Å². The van der Waals surface area contributed by atoms with Gasteiger partial charge in [0.1, 0.15) is 20.1 Å². The van der Waals surface area contributed by atoms with Crippen LogP contribution in [0.3, 0.4) is 0 Å². The van der Waals surface area contributed by atoms with Crippen molar-refractivity contribution in [2.45, 2.75) is 0 Å². The summed E-state index contributed by atoms with van der Waals surface area (Å²) in [6.07, 6.45) is 0. The van der Waals surface area contributed by atoms with Gasteiger partial charge in [-0.2, -0.15) is 0 Å². The van der Waals surface area contributed by atoms with Gasteiger partial charge in [0, 0.05) is 0 Å². The second kappa shape index (κ2) is 6.98. The minimum Gasteiger partial charge on any atom is -0.451 e. The lowest BCUT2D eigenvalue weighted by atomic mass is 10.3. The summed E-state index contributed by atoms with van der Waals surface area (Å²) in [6, 6.07) is 2.77. The lowest BCUT2D eigenvalue weighted by Crippen LogP contribution is -1.91. The molecule has 0 N–H and O–H groups in total. The molecule has 9 heteroatoms. The number of hydrogen-bond acceptors (Lipinski definition) is 1. The molecule has 0 unspecified atom stereocenters. The van der Waals surface area contributed by atoms with E-state index in [0.717, 1.165) is 0 Å². The van der Waals surface area contributed by atoms with Gasteiger partial charge in [-0.25, -0.2) is 0 Å². The average molecular weight is 446 g/mol. The van der Waals surface area contributed by atoms with E-state index in [9.17, 15) is 0 Å². The SMILES string of the molecule is Clc1cc(Cl)c(Cl)c(Oc2c(Cl)c(Cl)cc(Cl)c2Cl)c1Cl. The molecule has 2 aromatic carbocycles. The van der Waals surface area contributed by atoms with Gasteiger partial charge >= 0.3 is 0 Å². The van der Waals surface area contributed by atoms with E-state index in [-0.39, 0.29) is 51.7 Å². The second-order valence-corrected chi connectivity index (χ2v) is 6.84. The van der Waals surface area contributed by atoms with Crippen molar-refractivity contribution in [2.24, 2.45) is 0 Å². The fourth-order valence-electron chi connectivity index (χ4n) is 1.38. The molecule has 0 aliphatic rings. The molecule has 21 heavy (non-hydrogen) atoms. The molecule has 1 nitrogen and oxygen atoms in total. The van der Waals surface area contributed by atoms with Crippen molar-refractivity contribution in [1.82, 2.24) is 0 Å². The van der Waals surface area contributed by atoms with Gasteiger partial charge in [0.05, 0.1) is 20.1 Å². The molecule has 112 valence electrons. The van der Waals surface area contributed by atoms with Crippen LogP contribution in [0.15, 0.2) is 12.1 Å². The molecule has 0 bridgehead atoms. The normalized spacial score (nSPS) is 10.9. The van der Waals surface area contributed by atoms with E-state index in [2.05, 4.69) is 0 Å². The van der Waals surface area contributed by atoms with Crippen LogP contribution in [0.2, 0.25) is 40.2 Å². The quantitative estimate of drug-likeness (QED) is 0.420. The van der Waals surface area contributed by atoms with Crippen LogP contribution in [0.4, 0.5) is 0 Å². The van der Waals surface area contributed by atoms with Gasteiger partial charge < -0.3 is 4.74 Å². The highest BCUT2D eigenvalue weighted by atomic mass is 35.5. The van der Waals surface area contributed by atoms with E-state index in [1.807, 2.05) is 0 Å². The monoisotopic (exact) mass is 442 g/mol. The fourth-order valence-corrected chi connectivity index (χ4v) is 3.12. The Kier molecular flexibility index (Phi) is 5.96. The Hall–Kier alpha value is 0.560. The van der Waals surface area contributed by atoms with Gasteiger partial charge in [0.25, 0.3) is 0 Å². The minimum atomic E-state index is -0.00188. The molecule has 0 aliphatic heterocycles. The second-order valence-electron chi connectivity index (χ2n) is 3.70. The van der Waals surface area contributed by atoms with E-state index in [4.69, 9.17) is 97.5 Å². The predicted molar refractivity (Wildman–Crippen MR) is 93.0 cm³/mol. The van der Waals surface area contributed by atoms with Crippen LogP contribution in [0.25, 0.3) is 0 Å². The molecule has 0 amide bonds. The van der Waals surface area contributed by atoms with Gasteiger partial charge in [-0.15, -0.1) is 0 Å². The van der Waals surface area contributed by atoms with E-state index >= 15 is 0 Å². The number of halogens is 8. The van der Waals surface area contributed by atoms with Crippen LogP contribution in [0.5, 0.6) is 11.5 Å². The molecule has 0 saturated carbocycles. The van der Waals surface area contributed by atoms with Crippen LogP contribution in [-0.2, 0) is 0 Å². The number of hydrogen-bond donors (Lipinski definition) is 0. The third-order valence-electron chi connectivity index (χ3n) is 2.35. The molecule has 0 aliphatic carbocycles. The average Bonchev–Trinajstić information content (AvgIpc) is 2.42. The fraction of sp³-hybridized carbons (Fsp3) is 0. The molecule has 0 heterocycles. The highest BCUT2D eigenvalue weighted by molar-refractivity contribution is 6.50. The summed E-state index contributed by atoms with van der Waals surface area (Å²) in [7, 11) is 0. The Morgan fingerprint density at radius 2 is 0.714 bits per heavy atom. The maximum absolute atomic E-state index is 6.05. The number of rotatable bonds is 2. The zero-order chi connectivity index (χ0) is 15.9. The van der Waals surface area contributed by atoms with Crippen LogP contribution >= 0.6 is 92.8 Å². The van der Waals surface area contributed by atoms with Crippen molar-refractivity contribution in [1.29, 1.82) is 0 Å². The first-order valence-corrected chi connectivity index (χ1v) is 8.10. The zero-order valence-electron chi connectivity index (χ0n) is 9.59. The van der Waals surface area contributed by atoms with Gasteiger partial charge in [-0.3, -0.25) is 0 Å². The predicted octanol–water partition coefficient (Wildman–Crippen LogP) is 8.71. The van der Waals surface area contributed by atoms with E-state index in [1.54, 1.807) is 0 Å². The van der Waals surface area contributed by atoms with Gasteiger partial charge in [-0.05, 0) is 12.1 Å². The Balaban J connectivity index is 2.64. The summed E-state index contributed by atoms with van der Waals surface area (Å²) in [5.41, 5.74) is 0. The van der Waals surface area contributed by atoms with Gasteiger partial charge in [-0.1, -0.05) is 92.8 Å². The first kappa shape index (κ1) is 17.9. The zero-order valence-corrected chi connectivity index (χ0v) is 15.6. The highest BCUT2D eigenvalue weighted by Crippen LogP contribution is 2.49. The van der Waals surface area contributed by atoms with E-state index < -0.39 is 0 Å². The summed E-state index contributed by atoms with van der Waals surface area (Å²) in [5.74, 6) is -0.00377. The van der Waals surface area contributed by atoms with E-state index in [1.165, 1.54) is 12.1 Å². The summed E-state index contributed by atoms with van der Waals surface area (Å²) in [4.78, 5) is 0. The first-order valence-electron chi connectivity index (χ1n) is 5.07. The first-order chi connectivity index (χ1) is 9.73. The maximum atomic E-state index is 6.05. The summed E-state index contributed by atoms with van der Waals surface area (Å²) >= 11 is 47.9. The van der Waals surface area contributed by atoms with Crippen molar-refractivity contribution >= 4 is 92.8 Å². The molecule has 2 rings (SSSR count). The lowest BCUT2D eigenvalue weighted by molar-refractivity contribution is 0.484. The van der Waals surface area contributed by atoms with Crippen LogP contribution in [0.1, 0.15) is 0 Å². The minimum absolute atomic E-state index is 0.00188. The van der Waals surface area contributed by atoms with Crippen molar-refractivity contribution < 1.29 is 4.74 Å². The summed E-state index contributed by atoms with van der Waals surface area (Å²) < 4.78 is 5.56. The molecule has 0 aromatic heterocycles. The maximum Gasteiger partial charge on any atom is 0.167 e. The molecule has 0 spiro atoms. The van der Waals surface area contributed by atoms with Crippen molar-refractivity contribution in [3.63, 3.8) is 0 Å². The smallest absolute Gasteiger partial charge is 0.167 e. The molecule has 0 radical (unpaired) electrons. The Labute approximate surface area is 160 Å². The Bertz CT molecular complexity index is 614. The third-order valence-corrected chi connectivity index (χ3v) is 5.43. The van der Waals surface area contributed by atoms with Crippen molar-refractivity contribution in [3.05, 3.63) is 52.3 Å². The Morgan fingerprint density at radius 3 is 0.952 bits per heavy atom. The topological polar surface area (TPSA) is 9.23 Å². The highest BCUT2D eigenvalue weighted by Gasteiger charge is 2.21. The number of ether oxygens (including phenoxy) is 1. The molecular weight excluding hydrogens is 444 g/mol. The van der Waals surface area contributed by atoms with Gasteiger partial charge in [0.15, 0.2) is 11.5 Å². The van der Waals surface area contributed by atoms with Crippen LogP contribution in [0, 0.1) is 0 Å². The molecule has 0 fully saturated rings. The molecule has 2 aromatic rings.